The Morgan fingerprint density at radius 1 is 1.21 bits per heavy atom. The molecule has 0 saturated carbocycles. The predicted molar refractivity (Wildman–Crippen MR) is 114 cm³/mol. The molecule has 148 valence electrons. The average molecular weight is 399 g/mol. The van der Waals surface area contributed by atoms with E-state index in [0.29, 0.717) is 16.8 Å². The van der Waals surface area contributed by atoms with Crippen molar-refractivity contribution in [1.82, 2.24) is 9.55 Å². The van der Waals surface area contributed by atoms with E-state index < -0.39 is 12.0 Å². The smallest absolute Gasteiger partial charge is 0.328 e. The third-order valence-electron chi connectivity index (χ3n) is 4.94. The topological polar surface area (TPSA) is 61.2 Å². The van der Waals surface area contributed by atoms with Crippen molar-refractivity contribution in [1.29, 1.82) is 0 Å². The highest BCUT2D eigenvalue weighted by Gasteiger charge is 2.21. The first-order chi connectivity index (χ1) is 13.6. The molecule has 0 radical (unpaired) electrons. The minimum absolute atomic E-state index is 0.209. The van der Waals surface area contributed by atoms with Crippen LogP contribution >= 0.6 is 11.3 Å². The Kier molecular flexibility index (Phi) is 6.62. The van der Waals surface area contributed by atoms with Crippen molar-refractivity contribution < 1.29 is 9.53 Å². The Labute approximate surface area is 169 Å². The molecule has 0 fully saturated rings. The summed E-state index contributed by atoms with van der Waals surface area (Å²) in [6.45, 7) is 6.27. The number of carbonyl (C=O) groups excluding carboxylic acids is 1. The van der Waals surface area contributed by atoms with Gasteiger partial charge in [-0.3, -0.25) is 9.36 Å². The van der Waals surface area contributed by atoms with Crippen LogP contribution in [0.1, 0.15) is 51.6 Å². The molecule has 2 aromatic heterocycles. The van der Waals surface area contributed by atoms with Gasteiger partial charge >= 0.3 is 5.97 Å². The van der Waals surface area contributed by atoms with E-state index in [9.17, 15) is 9.59 Å². The third-order valence-corrected chi connectivity index (χ3v) is 5.83. The number of aromatic nitrogens is 2. The minimum atomic E-state index is -0.707. The molecule has 0 aliphatic rings. The summed E-state index contributed by atoms with van der Waals surface area (Å²) in [5, 5.41) is 2.51. The van der Waals surface area contributed by atoms with Crippen LogP contribution < -0.4 is 5.56 Å². The number of benzene rings is 1. The van der Waals surface area contributed by atoms with Gasteiger partial charge in [-0.2, -0.15) is 0 Å². The second-order valence-electron chi connectivity index (χ2n) is 6.89. The van der Waals surface area contributed by atoms with Gasteiger partial charge in [0, 0.05) is 10.9 Å². The fourth-order valence-electron chi connectivity index (χ4n) is 3.11. The zero-order valence-corrected chi connectivity index (χ0v) is 17.4. The summed E-state index contributed by atoms with van der Waals surface area (Å²) < 4.78 is 6.70. The first kappa shape index (κ1) is 20.3. The average Bonchev–Trinajstić information content (AvgIpc) is 3.16. The lowest BCUT2D eigenvalue weighted by atomic mass is 10.0. The molecule has 2 heterocycles. The number of nitrogens with zero attached hydrogens (tertiary/aromatic N) is 2. The predicted octanol–water partition coefficient (Wildman–Crippen LogP) is 4.98. The van der Waals surface area contributed by atoms with Crippen molar-refractivity contribution in [3.63, 3.8) is 0 Å². The van der Waals surface area contributed by atoms with Gasteiger partial charge in [-0.05, 0) is 30.9 Å². The number of ether oxygens (including phenoxy) is 1. The van der Waals surface area contributed by atoms with Crippen LogP contribution in [0, 0.1) is 0 Å². The molecule has 0 N–H and O–H groups in total. The van der Waals surface area contributed by atoms with Gasteiger partial charge in [-0.25, -0.2) is 9.78 Å². The molecule has 28 heavy (non-hydrogen) atoms. The maximum absolute atomic E-state index is 13.2. The van der Waals surface area contributed by atoms with Gasteiger partial charge in [0.05, 0.1) is 18.3 Å². The molecule has 3 aromatic rings. The summed E-state index contributed by atoms with van der Waals surface area (Å²) >= 11 is 1.44. The summed E-state index contributed by atoms with van der Waals surface area (Å²) in [7, 11) is 0. The zero-order chi connectivity index (χ0) is 20.1. The van der Waals surface area contributed by atoms with Crippen LogP contribution in [-0.4, -0.2) is 22.1 Å². The SMILES string of the molecule is CCCCCOC(=O)[C@@H](C)n1cnc2scc(-c3ccc(CC)cc3)c2c1=O. The Balaban J connectivity index is 1.92. The zero-order valence-electron chi connectivity index (χ0n) is 16.6. The Morgan fingerprint density at radius 2 is 1.96 bits per heavy atom. The molecule has 0 spiro atoms. The fraction of sp³-hybridized carbons (Fsp3) is 0.409. The fourth-order valence-corrected chi connectivity index (χ4v) is 4.02. The normalized spacial score (nSPS) is 12.2. The second kappa shape index (κ2) is 9.15. The van der Waals surface area contributed by atoms with Gasteiger partial charge in [0.2, 0.25) is 0 Å². The Hall–Kier alpha value is -2.47. The van der Waals surface area contributed by atoms with Crippen molar-refractivity contribution in [2.24, 2.45) is 0 Å². The number of esters is 1. The van der Waals surface area contributed by atoms with Crippen LogP contribution in [0.2, 0.25) is 0 Å². The Bertz CT molecular complexity index is 1000. The van der Waals surface area contributed by atoms with Gasteiger partial charge in [0.1, 0.15) is 10.9 Å². The Morgan fingerprint density at radius 3 is 2.64 bits per heavy atom. The summed E-state index contributed by atoms with van der Waals surface area (Å²) in [6.07, 6.45) is 5.33. The second-order valence-corrected chi connectivity index (χ2v) is 7.75. The van der Waals surface area contributed by atoms with Crippen LogP contribution in [0.25, 0.3) is 21.3 Å². The molecule has 1 aromatic carbocycles. The minimum Gasteiger partial charge on any atom is -0.464 e. The van der Waals surface area contributed by atoms with Crippen LogP contribution in [0.5, 0.6) is 0 Å². The van der Waals surface area contributed by atoms with Gasteiger partial charge < -0.3 is 4.74 Å². The van der Waals surface area contributed by atoms with Crippen LogP contribution in [0.4, 0.5) is 0 Å². The molecule has 0 unspecified atom stereocenters. The van der Waals surface area contributed by atoms with E-state index in [1.165, 1.54) is 27.8 Å². The number of unbranched alkanes of at least 4 members (excludes halogenated alkanes) is 2. The van der Waals surface area contributed by atoms with E-state index in [4.69, 9.17) is 4.74 Å². The van der Waals surface area contributed by atoms with E-state index in [0.717, 1.165) is 36.8 Å². The highest BCUT2D eigenvalue weighted by molar-refractivity contribution is 7.17. The standard InChI is InChI=1S/C22H26N2O3S/c1-4-6-7-12-27-22(26)15(3)24-14-23-20-19(21(24)25)18(13-28-20)17-10-8-16(5-2)9-11-17/h8-11,13-15H,4-7,12H2,1-3H3/t15-/m1/s1. The lowest BCUT2D eigenvalue weighted by Gasteiger charge is -2.14. The third kappa shape index (κ3) is 4.17. The van der Waals surface area contributed by atoms with E-state index >= 15 is 0 Å². The molecule has 0 aliphatic carbocycles. The van der Waals surface area contributed by atoms with Gasteiger partial charge in [0.25, 0.3) is 5.56 Å². The van der Waals surface area contributed by atoms with E-state index in [1.807, 2.05) is 17.5 Å². The maximum Gasteiger partial charge on any atom is 0.328 e. The highest BCUT2D eigenvalue weighted by Crippen LogP contribution is 2.31. The van der Waals surface area contributed by atoms with Crippen LogP contribution in [-0.2, 0) is 16.0 Å². The molecule has 0 bridgehead atoms. The summed E-state index contributed by atoms with van der Waals surface area (Å²) in [4.78, 5) is 30.6. The summed E-state index contributed by atoms with van der Waals surface area (Å²) in [5.41, 5.74) is 2.88. The molecule has 0 amide bonds. The van der Waals surface area contributed by atoms with E-state index in [1.54, 1.807) is 6.92 Å². The lowest BCUT2D eigenvalue weighted by molar-refractivity contribution is -0.147. The summed E-state index contributed by atoms with van der Waals surface area (Å²) in [5.74, 6) is -0.400. The van der Waals surface area contributed by atoms with Crippen molar-refractivity contribution in [2.45, 2.75) is 52.5 Å². The van der Waals surface area contributed by atoms with E-state index in [2.05, 4.69) is 31.0 Å². The molecule has 6 heteroatoms. The monoisotopic (exact) mass is 398 g/mol. The molecule has 1 atom stereocenters. The first-order valence-electron chi connectivity index (χ1n) is 9.81. The quantitative estimate of drug-likeness (QED) is 0.396. The molecular formula is C22H26N2O3S. The molecule has 0 aliphatic heterocycles. The van der Waals surface area contributed by atoms with E-state index in [-0.39, 0.29) is 5.56 Å². The lowest BCUT2D eigenvalue weighted by Crippen LogP contribution is -2.29. The van der Waals surface area contributed by atoms with Gasteiger partial charge in [0.15, 0.2) is 0 Å². The molecule has 0 saturated heterocycles. The number of fused-ring (bicyclic) bond motifs is 1. The number of rotatable bonds is 8. The van der Waals surface area contributed by atoms with Gasteiger partial charge in [-0.15, -0.1) is 11.3 Å². The van der Waals surface area contributed by atoms with Crippen LogP contribution in [0.3, 0.4) is 0 Å². The molecular weight excluding hydrogens is 372 g/mol. The molecule has 5 nitrogen and oxygen atoms in total. The number of thiophene rings is 1. The van der Waals surface area contributed by atoms with Crippen molar-refractivity contribution >= 4 is 27.5 Å². The van der Waals surface area contributed by atoms with Crippen molar-refractivity contribution in [3.05, 3.63) is 51.9 Å². The number of hydrogen-bond acceptors (Lipinski definition) is 5. The highest BCUT2D eigenvalue weighted by atomic mass is 32.1. The van der Waals surface area contributed by atoms with Gasteiger partial charge in [-0.1, -0.05) is 51.0 Å². The van der Waals surface area contributed by atoms with Crippen molar-refractivity contribution in [3.8, 4) is 11.1 Å². The van der Waals surface area contributed by atoms with Crippen molar-refractivity contribution in [2.75, 3.05) is 6.61 Å². The summed E-state index contributed by atoms with van der Waals surface area (Å²) in [6, 6.07) is 7.50. The first-order valence-corrected chi connectivity index (χ1v) is 10.7. The maximum atomic E-state index is 13.2. The number of carbonyl (C=O) groups is 1. The largest absolute Gasteiger partial charge is 0.464 e. The number of aryl methyl sites for hydroxylation is 1. The number of hydrogen-bond donors (Lipinski definition) is 0. The van der Waals surface area contributed by atoms with Crippen LogP contribution in [0.15, 0.2) is 40.8 Å². The molecule has 3 rings (SSSR count).